The summed E-state index contributed by atoms with van der Waals surface area (Å²) in [6.45, 7) is 0.815. The van der Waals surface area contributed by atoms with Gasteiger partial charge in [-0.15, -0.1) is 0 Å². The van der Waals surface area contributed by atoms with Crippen LogP contribution in [0.1, 0.15) is 16.7 Å². The van der Waals surface area contributed by atoms with Gasteiger partial charge in [-0.25, -0.2) is 4.98 Å². The summed E-state index contributed by atoms with van der Waals surface area (Å²) < 4.78 is 13.3. The molecule has 0 atom stereocenters. The summed E-state index contributed by atoms with van der Waals surface area (Å²) in [5.41, 5.74) is 11.7. The standard InChI is InChI=1S/C32H24BrN3O2/c33-25-13-11-24(12-14-25)28-18-30(36-32(35)29(28)19-34)27-16-15-26(37-20-22-7-3-1-4-8-22)17-31(27)38-21-23-9-5-2-6-10-23/h1-18H,20-21H2,(H2,35,36). The van der Waals surface area contributed by atoms with Crippen molar-refractivity contribution in [2.45, 2.75) is 13.2 Å². The fourth-order valence-electron chi connectivity index (χ4n) is 4.08. The first kappa shape index (κ1) is 25.1. The molecule has 0 fully saturated rings. The first-order valence-corrected chi connectivity index (χ1v) is 12.8. The molecule has 6 heteroatoms. The highest BCUT2D eigenvalue weighted by Gasteiger charge is 2.17. The number of halogens is 1. The normalized spacial score (nSPS) is 10.5. The lowest BCUT2D eigenvalue weighted by Crippen LogP contribution is -2.02. The van der Waals surface area contributed by atoms with E-state index in [0.717, 1.165) is 26.7 Å². The third-order valence-electron chi connectivity index (χ3n) is 6.03. The molecule has 0 amide bonds. The quantitative estimate of drug-likeness (QED) is 0.209. The Hall–Kier alpha value is -4.60. The van der Waals surface area contributed by atoms with Crippen LogP contribution < -0.4 is 15.2 Å². The zero-order chi connectivity index (χ0) is 26.3. The molecule has 0 saturated heterocycles. The molecular formula is C32H24BrN3O2. The van der Waals surface area contributed by atoms with Gasteiger partial charge in [0.05, 0.1) is 5.69 Å². The number of hydrogen-bond acceptors (Lipinski definition) is 5. The molecule has 0 aliphatic carbocycles. The number of hydrogen-bond donors (Lipinski definition) is 1. The molecular weight excluding hydrogens is 538 g/mol. The number of ether oxygens (including phenoxy) is 2. The van der Waals surface area contributed by atoms with E-state index in [2.05, 4.69) is 27.0 Å². The predicted octanol–water partition coefficient (Wildman–Crippen LogP) is 7.79. The Kier molecular flexibility index (Phi) is 7.67. The van der Waals surface area contributed by atoms with Gasteiger partial charge in [0.2, 0.25) is 0 Å². The number of aromatic nitrogens is 1. The van der Waals surface area contributed by atoms with E-state index >= 15 is 0 Å². The third kappa shape index (κ3) is 5.86. The van der Waals surface area contributed by atoms with E-state index in [-0.39, 0.29) is 5.82 Å². The van der Waals surface area contributed by atoms with Crippen molar-refractivity contribution >= 4 is 21.7 Å². The van der Waals surface area contributed by atoms with E-state index in [1.807, 2.05) is 109 Å². The van der Waals surface area contributed by atoms with Gasteiger partial charge in [-0.1, -0.05) is 88.7 Å². The van der Waals surface area contributed by atoms with Crippen LogP contribution in [0.15, 0.2) is 114 Å². The molecule has 4 aromatic carbocycles. The van der Waals surface area contributed by atoms with Crippen LogP contribution in [-0.4, -0.2) is 4.98 Å². The number of rotatable bonds is 8. The van der Waals surface area contributed by atoms with Gasteiger partial charge in [0, 0.05) is 21.7 Å². The smallest absolute Gasteiger partial charge is 0.142 e. The van der Waals surface area contributed by atoms with Gasteiger partial charge < -0.3 is 15.2 Å². The summed E-state index contributed by atoms with van der Waals surface area (Å²) in [7, 11) is 0. The van der Waals surface area contributed by atoms with Gasteiger partial charge in [-0.3, -0.25) is 0 Å². The van der Waals surface area contributed by atoms with Crippen molar-refractivity contribution in [3.8, 4) is 40.0 Å². The summed E-state index contributed by atoms with van der Waals surface area (Å²) in [4.78, 5) is 4.58. The second-order valence-corrected chi connectivity index (χ2v) is 9.56. The van der Waals surface area contributed by atoms with Crippen LogP contribution in [-0.2, 0) is 13.2 Å². The summed E-state index contributed by atoms with van der Waals surface area (Å²) in [6, 6.07) is 37.5. The zero-order valence-corrected chi connectivity index (χ0v) is 22.1. The maximum Gasteiger partial charge on any atom is 0.142 e. The molecule has 5 nitrogen and oxygen atoms in total. The molecule has 5 rings (SSSR count). The summed E-state index contributed by atoms with van der Waals surface area (Å²) in [5.74, 6) is 1.45. The van der Waals surface area contributed by atoms with Crippen LogP contribution >= 0.6 is 15.9 Å². The number of nitriles is 1. The molecule has 2 N–H and O–H groups in total. The highest BCUT2D eigenvalue weighted by atomic mass is 79.9. The van der Waals surface area contributed by atoms with E-state index in [9.17, 15) is 5.26 Å². The molecule has 0 radical (unpaired) electrons. The first-order valence-electron chi connectivity index (χ1n) is 12.0. The van der Waals surface area contributed by atoms with Gasteiger partial charge >= 0.3 is 0 Å². The molecule has 186 valence electrons. The van der Waals surface area contributed by atoms with E-state index in [1.54, 1.807) is 0 Å². The molecule has 5 aromatic rings. The minimum absolute atomic E-state index is 0.168. The van der Waals surface area contributed by atoms with Crippen LogP contribution in [0.2, 0.25) is 0 Å². The third-order valence-corrected chi connectivity index (χ3v) is 6.56. The Morgan fingerprint density at radius 2 is 1.37 bits per heavy atom. The van der Waals surface area contributed by atoms with Crippen molar-refractivity contribution in [2.75, 3.05) is 5.73 Å². The second-order valence-electron chi connectivity index (χ2n) is 8.64. The molecule has 0 unspecified atom stereocenters. The first-order chi connectivity index (χ1) is 18.6. The maximum absolute atomic E-state index is 9.81. The lowest BCUT2D eigenvalue weighted by atomic mass is 9.98. The monoisotopic (exact) mass is 561 g/mol. The average Bonchev–Trinajstić information content (AvgIpc) is 2.96. The largest absolute Gasteiger partial charge is 0.489 e. The Morgan fingerprint density at radius 3 is 2.00 bits per heavy atom. The van der Waals surface area contributed by atoms with Crippen LogP contribution in [0.4, 0.5) is 5.82 Å². The molecule has 0 saturated carbocycles. The van der Waals surface area contributed by atoms with Gasteiger partial charge in [0.1, 0.15) is 42.2 Å². The van der Waals surface area contributed by atoms with Gasteiger partial charge in [-0.05, 0) is 47.0 Å². The van der Waals surface area contributed by atoms with Crippen LogP contribution in [0.3, 0.4) is 0 Å². The van der Waals surface area contributed by atoms with Crippen molar-refractivity contribution in [3.05, 3.63) is 130 Å². The number of nitrogens with two attached hydrogens (primary N) is 1. The molecule has 38 heavy (non-hydrogen) atoms. The molecule has 1 heterocycles. The molecule has 0 aliphatic heterocycles. The summed E-state index contributed by atoms with van der Waals surface area (Å²) in [5, 5.41) is 9.81. The van der Waals surface area contributed by atoms with Crippen LogP contribution in [0.5, 0.6) is 11.5 Å². The van der Waals surface area contributed by atoms with Gasteiger partial charge in [-0.2, -0.15) is 5.26 Å². The fraction of sp³-hybridized carbons (Fsp3) is 0.0625. The van der Waals surface area contributed by atoms with Crippen LogP contribution in [0, 0.1) is 11.3 Å². The highest BCUT2D eigenvalue weighted by Crippen LogP contribution is 2.37. The molecule has 0 bridgehead atoms. The van der Waals surface area contributed by atoms with E-state index in [4.69, 9.17) is 15.2 Å². The number of anilines is 1. The minimum atomic E-state index is 0.168. The lowest BCUT2D eigenvalue weighted by Gasteiger charge is -2.16. The number of pyridine rings is 1. The lowest BCUT2D eigenvalue weighted by molar-refractivity contribution is 0.291. The van der Waals surface area contributed by atoms with Crippen molar-refractivity contribution in [3.63, 3.8) is 0 Å². The van der Waals surface area contributed by atoms with Crippen molar-refractivity contribution < 1.29 is 9.47 Å². The Bertz CT molecular complexity index is 1580. The van der Waals surface area contributed by atoms with E-state index < -0.39 is 0 Å². The van der Waals surface area contributed by atoms with Gasteiger partial charge in [0.15, 0.2) is 0 Å². The SMILES string of the molecule is N#Cc1c(-c2ccc(Br)cc2)cc(-c2ccc(OCc3ccccc3)cc2OCc2ccccc2)nc1N. The minimum Gasteiger partial charge on any atom is -0.489 e. The van der Waals surface area contributed by atoms with E-state index in [1.165, 1.54) is 0 Å². The van der Waals surface area contributed by atoms with Crippen LogP contribution in [0.25, 0.3) is 22.4 Å². The van der Waals surface area contributed by atoms with E-state index in [0.29, 0.717) is 41.5 Å². The fourth-order valence-corrected chi connectivity index (χ4v) is 4.34. The van der Waals surface area contributed by atoms with Gasteiger partial charge in [0.25, 0.3) is 0 Å². The van der Waals surface area contributed by atoms with Crippen molar-refractivity contribution in [2.24, 2.45) is 0 Å². The Labute approximate surface area is 230 Å². The average molecular weight is 562 g/mol. The topological polar surface area (TPSA) is 81.2 Å². The second kappa shape index (κ2) is 11.6. The Balaban J connectivity index is 1.54. The summed E-state index contributed by atoms with van der Waals surface area (Å²) in [6.07, 6.45) is 0. The number of benzene rings is 4. The number of nitrogens with zero attached hydrogens (tertiary/aromatic N) is 2. The summed E-state index contributed by atoms with van der Waals surface area (Å²) >= 11 is 3.47. The predicted molar refractivity (Wildman–Crippen MR) is 153 cm³/mol. The molecule has 1 aromatic heterocycles. The highest BCUT2D eigenvalue weighted by molar-refractivity contribution is 9.10. The number of nitrogen functional groups attached to an aromatic ring is 1. The van der Waals surface area contributed by atoms with Crippen molar-refractivity contribution in [1.82, 2.24) is 4.98 Å². The molecule has 0 spiro atoms. The maximum atomic E-state index is 9.81. The van der Waals surface area contributed by atoms with Crippen molar-refractivity contribution in [1.29, 1.82) is 5.26 Å². The zero-order valence-electron chi connectivity index (χ0n) is 20.5. The Morgan fingerprint density at radius 1 is 0.737 bits per heavy atom. The molecule has 0 aliphatic rings.